The SMILES string of the molecule is Cc1nc(COc2cccc(C(=O)N3CCOc4ccccc43)c2)cs1. The number of carbonyl (C=O) groups excluding carboxylic acids is 1. The highest BCUT2D eigenvalue weighted by molar-refractivity contribution is 7.09. The van der Waals surface area contributed by atoms with E-state index in [1.807, 2.05) is 48.7 Å². The van der Waals surface area contributed by atoms with Crippen molar-refractivity contribution in [3.8, 4) is 11.5 Å². The monoisotopic (exact) mass is 366 g/mol. The molecule has 0 saturated carbocycles. The van der Waals surface area contributed by atoms with Crippen molar-refractivity contribution >= 4 is 22.9 Å². The third-order valence-corrected chi connectivity index (χ3v) is 4.93. The van der Waals surface area contributed by atoms with Gasteiger partial charge in [0.15, 0.2) is 0 Å². The molecule has 0 radical (unpaired) electrons. The maximum Gasteiger partial charge on any atom is 0.258 e. The van der Waals surface area contributed by atoms with E-state index in [4.69, 9.17) is 9.47 Å². The van der Waals surface area contributed by atoms with Gasteiger partial charge in [0.05, 0.1) is 22.9 Å². The average molecular weight is 366 g/mol. The van der Waals surface area contributed by atoms with Crippen LogP contribution in [-0.4, -0.2) is 24.0 Å². The summed E-state index contributed by atoms with van der Waals surface area (Å²) in [5.41, 5.74) is 2.29. The zero-order valence-electron chi connectivity index (χ0n) is 14.3. The summed E-state index contributed by atoms with van der Waals surface area (Å²) in [5.74, 6) is 1.33. The van der Waals surface area contributed by atoms with Crippen LogP contribution in [0.5, 0.6) is 11.5 Å². The largest absolute Gasteiger partial charge is 0.490 e. The van der Waals surface area contributed by atoms with Crippen LogP contribution < -0.4 is 14.4 Å². The van der Waals surface area contributed by atoms with Gasteiger partial charge in [0, 0.05) is 10.9 Å². The number of hydrogen-bond donors (Lipinski definition) is 0. The maximum atomic E-state index is 13.0. The van der Waals surface area contributed by atoms with Gasteiger partial charge in [-0.25, -0.2) is 4.98 Å². The number of carbonyl (C=O) groups is 1. The van der Waals surface area contributed by atoms with Crippen molar-refractivity contribution in [2.75, 3.05) is 18.1 Å². The van der Waals surface area contributed by atoms with Gasteiger partial charge in [-0.3, -0.25) is 4.79 Å². The number of nitrogens with zero attached hydrogens (tertiary/aromatic N) is 2. The minimum Gasteiger partial charge on any atom is -0.490 e. The minimum atomic E-state index is -0.0595. The van der Waals surface area contributed by atoms with E-state index in [1.54, 1.807) is 28.4 Å². The molecule has 26 heavy (non-hydrogen) atoms. The molecule has 132 valence electrons. The van der Waals surface area contributed by atoms with E-state index >= 15 is 0 Å². The predicted octanol–water partition coefficient (Wildman–Crippen LogP) is 4.07. The summed E-state index contributed by atoms with van der Waals surface area (Å²) in [6.45, 7) is 3.37. The van der Waals surface area contributed by atoms with Crippen LogP contribution in [-0.2, 0) is 6.61 Å². The number of aryl methyl sites for hydroxylation is 1. The number of rotatable bonds is 4. The van der Waals surface area contributed by atoms with Gasteiger partial charge in [0.25, 0.3) is 5.91 Å². The van der Waals surface area contributed by atoms with Crippen molar-refractivity contribution in [2.24, 2.45) is 0 Å². The summed E-state index contributed by atoms with van der Waals surface area (Å²) >= 11 is 1.60. The van der Waals surface area contributed by atoms with Crippen LogP contribution in [0.3, 0.4) is 0 Å². The molecule has 5 nitrogen and oxygen atoms in total. The number of thiazole rings is 1. The Balaban J connectivity index is 1.52. The number of fused-ring (bicyclic) bond motifs is 1. The summed E-state index contributed by atoms with van der Waals surface area (Å²) in [4.78, 5) is 19.1. The van der Waals surface area contributed by atoms with Crippen LogP contribution in [0.15, 0.2) is 53.9 Å². The number of amides is 1. The van der Waals surface area contributed by atoms with Crippen LogP contribution in [0.1, 0.15) is 21.1 Å². The first-order valence-corrected chi connectivity index (χ1v) is 9.26. The third-order valence-electron chi connectivity index (χ3n) is 4.11. The van der Waals surface area contributed by atoms with Crippen LogP contribution in [0, 0.1) is 6.92 Å². The molecule has 3 aromatic rings. The summed E-state index contributed by atoms with van der Waals surface area (Å²) in [6, 6.07) is 14.9. The molecule has 0 saturated heterocycles. The highest BCUT2D eigenvalue weighted by atomic mass is 32.1. The van der Waals surface area contributed by atoms with Gasteiger partial charge in [-0.1, -0.05) is 18.2 Å². The Morgan fingerprint density at radius 1 is 1.27 bits per heavy atom. The van der Waals surface area contributed by atoms with Crippen LogP contribution >= 0.6 is 11.3 Å². The first kappa shape index (κ1) is 16.6. The van der Waals surface area contributed by atoms with E-state index in [2.05, 4.69) is 4.98 Å². The van der Waals surface area contributed by atoms with E-state index in [0.29, 0.717) is 31.1 Å². The van der Waals surface area contributed by atoms with Gasteiger partial charge in [0.2, 0.25) is 0 Å². The van der Waals surface area contributed by atoms with Crippen molar-refractivity contribution < 1.29 is 14.3 Å². The minimum absolute atomic E-state index is 0.0595. The molecule has 1 aliphatic rings. The lowest BCUT2D eigenvalue weighted by Crippen LogP contribution is -2.37. The smallest absolute Gasteiger partial charge is 0.258 e. The molecule has 6 heteroatoms. The summed E-state index contributed by atoms with van der Waals surface area (Å²) in [5, 5.41) is 2.99. The lowest BCUT2D eigenvalue weighted by molar-refractivity contribution is 0.0976. The van der Waals surface area contributed by atoms with Crippen molar-refractivity contribution in [1.82, 2.24) is 4.98 Å². The fourth-order valence-electron chi connectivity index (χ4n) is 2.89. The van der Waals surface area contributed by atoms with Gasteiger partial charge < -0.3 is 14.4 Å². The lowest BCUT2D eigenvalue weighted by Gasteiger charge is -2.29. The highest BCUT2D eigenvalue weighted by Crippen LogP contribution is 2.32. The number of anilines is 1. The summed E-state index contributed by atoms with van der Waals surface area (Å²) in [7, 11) is 0. The lowest BCUT2D eigenvalue weighted by atomic mass is 10.1. The molecule has 0 atom stereocenters. The van der Waals surface area contributed by atoms with Crippen LogP contribution in [0.4, 0.5) is 5.69 Å². The number of benzene rings is 2. The Morgan fingerprint density at radius 2 is 2.15 bits per heavy atom. The Kier molecular flexibility index (Phi) is 4.58. The standard InChI is InChI=1S/C20H18N2O3S/c1-14-21-16(13-26-14)12-25-17-6-4-5-15(11-17)20(23)22-9-10-24-19-8-3-2-7-18(19)22/h2-8,11,13H,9-10,12H2,1H3. The fraction of sp³-hybridized carbons (Fsp3) is 0.200. The molecule has 2 aromatic carbocycles. The van der Waals surface area contributed by atoms with E-state index in [1.165, 1.54) is 0 Å². The van der Waals surface area contributed by atoms with E-state index in [9.17, 15) is 4.79 Å². The quantitative estimate of drug-likeness (QED) is 0.698. The molecule has 0 unspecified atom stereocenters. The zero-order valence-corrected chi connectivity index (χ0v) is 15.2. The van der Waals surface area contributed by atoms with Crippen molar-refractivity contribution in [1.29, 1.82) is 0 Å². The molecule has 1 aromatic heterocycles. The number of ether oxygens (including phenoxy) is 2. The van der Waals surface area contributed by atoms with Gasteiger partial charge in [0.1, 0.15) is 24.7 Å². The van der Waals surface area contributed by atoms with Gasteiger partial charge in [-0.15, -0.1) is 11.3 Å². The van der Waals surface area contributed by atoms with Gasteiger partial charge in [-0.05, 0) is 37.3 Å². The Morgan fingerprint density at radius 3 is 3.00 bits per heavy atom. The second kappa shape index (κ2) is 7.17. The maximum absolute atomic E-state index is 13.0. The molecule has 4 rings (SSSR count). The molecular formula is C20H18N2O3S. The number of aromatic nitrogens is 1. The molecule has 2 heterocycles. The first-order chi connectivity index (χ1) is 12.7. The Bertz CT molecular complexity index is 938. The summed E-state index contributed by atoms with van der Waals surface area (Å²) in [6.07, 6.45) is 0. The fourth-order valence-corrected chi connectivity index (χ4v) is 3.48. The van der Waals surface area contributed by atoms with Crippen LogP contribution in [0.25, 0.3) is 0 Å². The normalized spacial score (nSPS) is 13.0. The molecule has 0 spiro atoms. The first-order valence-electron chi connectivity index (χ1n) is 8.38. The van der Waals surface area contributed by atoms with Crippen LogP contribution in [0.2, 0.25) is 0 Å². The van der Waals surface area contributed by atoms with E-state index in [-0.39, 0.29) is 5.91 Å². The zero-order chi connectivity index (χ0) is 17.9. The predicted molar refractivity (Wildman–Crippen MR) is 101 cm³/mol. The molecule has 1 aliphatic heterocycles. The third kappa shape index (κ3) is 3.41. The van der Waals surface area contributed by atoms with Crippen molar-refractivity contribution in [3.63, 3.8) is 0 Å². The van der Waals surface area contributed by atoms with Crippen molar-refractivity contribution in [2.45, 2.75) is 13.5 Å². The highest BCUT2D eigenvalue weighted by Gasteiger charge is 2.24. The molecule has 0 bridgehead atoms. The average Bonchev–Trinajstić information content (AvgIpc) is 3.11. The second-order valence-electron chi connectivity index (χ2n) is 5.95. The van der Waals surface area contributed by atoms with E-state index < -0.39 is 0 Å². The topological polar surface area (TPSA) is 51.7 Å². The van der Waals surface area contributed by atoms with Gasteiger partial charge in [-0.2, -0.15) is 0 Å². The van der Waals surface area contributed by atoms with Crippen molar-refractivity contribution in [3.05, 3.63) is 70.2 Å². The molecule has 0 aliphatic carbocycles. The second-order valence-corrected chi connectivity index (χ2v) is 7.01. The van der Waals surface area contributed by atoms with E-state index in [0.717, 1.165) is 22.1 Å². The number of para-hydroxylation sites is 2. The number of hydrogen-bond acceptors (Lipinski definition) is 5. The molecule has 0 N–H and O–H groups in total. The molecule has 0 fully saturated rings. The Labute approximate surface area is 155 Å². The summed E-state index contributed by atoms with van der Waals surface area (Å²) < 4.78 is 11.4. The van der Waals surface area contributed by atoms with Gasteiger partial charge >= 0.3 is 0 Å². The molecule has 1 amide bonds. The Hall–Kier alpha value is -2.86. The molecular weight excluding hydrogens is 348 g/mol.